The van der Waals surface area contributed by atoms with Crippen molar-refractivity contribution in [3.8, 4) is 0 Å². The first-order valence-corrected chi connectivity index (χ1v) is 3.40. The molecule has 0 bridgehead atoms. The maximum absolute atomic E-state index is 3.36. The van der Waals surface area contributed by atoms with Crippen LogP contribution in [0.2, 0.25) is 0 Å². The summed E-state index contributed by atoms with van der Waals surface area (Å²) in [5, 5.41) is 0. The Kier molecular flexibility index (Phi) is 3.93. The van der Waals surface area contributed by atoms with Crippen LogP contribution in [0.4, 0.5) is 0 Å². The average Bonchev–Trinajstić information content (AvgIpc) is 1.98. The van der Waals surface area contributed by atoms with Gasteiger partial charge in [-0.2, -0.15) is 11.1 Å². The van der Waals surface area contributed by atoms with Crippen molar-refractivity contribution < 1.29 is 29.6 Å². The van der Waals surface area contributed by atoms with Crippen molar-refractivity contribution >= 4 is 0 Å². The zero-order valence-electron chi connectivity index (χ0n) is 7.58. The molecular weight excluding hydrogens is 131 g/mol. The van der Waals surface area contributed by atoms with Gasteiger partial charge in [0.25, 0.3) is 0 Å². The molecule has 0 aromatic carbocycles. The average molecular weight is 144 g/mol. The molecule has 0 N–H and O–H groups in total. The van der Waals surface area contributed by atoms with E-state index in [1.165, 1.54) is 16.7 Å². The second-order valence-electron chi connectivity index (χ2n) is 2.80. The van der Waals surface area contributed by atoms with Crippen LogP contribution in [0.25, 0.3) is 0 Å². The van der Waals surface area contributed by atoms with Gasteiger partial charge in [-0.1, -0.05) is 26.7 Å². The minimum absolute atomic E-state index is 0. The third-order valence-electron chi connectivity index (χ3n) is 2.24. The second-order valence-corrected chi connectivity index (χ2v) is 2.80. The van der Waals surface area contributed by atoms with Gasteiger partial charge in [-0.3, -0.25) is 6.08 Å². The van der Waals surface area contributed by atoms with Crippen LogP contribution >= 0.6 is 0 Å². The molecule has 0 nitrogen and oxygen atoms in total. The van der Waals surface area contributed by atoms with Crippen molar-refractivity contribution in [3.63, 3.8) is 0 Å². The zero-order valence-corrected chi connectivity index (χ0v) is 9.58. The third kappa shape index (κ3) is 1.75. The van der Waals surface area contributed by atoms with E-state index >= 15 is 0 Å². The predicted octanol–water partition coefficient (Wildman–Crippen LogP) is -0.274. The third-order valence-corrected chi connectivity index (χ3v) is 2.24. The molecule has 1 atom stereocenters. The van der Waals surface area contributed by atoms with Crippen LogP contribution < -0.4 is 29.6 Å². The van der Waals surface area contributed by atoms with Crippen molar-refractivity contribution in [1.29, 1.82) is 0 Å². The minimum atomic E-state index is 0. The van der Waals surface area contributed by atoms with Gasteiger partial charge in [0, 0.05) is 0 Å². The van der Waals surface area contributed by atoms with E-state index in [4.69, 9.17) is 0 Å². The first kappa shape index (κ1) is 10.5. The Labute approximate surface area is 85.7 Å². The van der Waals surface area contributed by atoms with E-state index in [9.17, 15) is 0 Å². The van der Waals surface area contributed by atoms with E-state index in [1.807, 2.05) is 0 Å². The maximum Gasteiger partial charge on any atom is 1.00 e. The van der Waals surface area contributed by atoms with Crippen molar-refractivity contribution in [2.75, 3.05) is 0 Å². The van der Waals surface area contributed by atoms with E-state index in [0.717, 1.165) is 0 Å². The van der Waals surface area contributed by atoms with E-state index in [0.29, 0.717) is 5.92 Å². The SMILES string of the molecule is CC1=[C-]C(C)C(C)=C1C.[Na+]. The first-order chi connectivity index (χ1) is 4.13. The second kappa shape index (κ2) is 3.75. The summed E-state index contributed by atoms with van der Waals surface area (Å²) in [6.07, 6.45) is 3.36. The summed E-state index contributed by atoms with van der Waals surface area (Å²) in [5.74, 6) is 0.560. The molecule has 0 fully saturated rings. The van der Waals surface area contributed by atoms with Crippen molar-refractivity contribution in [2.45, 2.75) is 27.7 Å². The molecule has 10 heavy (non-hydrogen) atoms. The Bertz CT molecular complexity index is 187. The smallest absolute Gasteiger partial charge is 0.266 e. The van der Waals surface area contributed by atoms with E-state index < -0.39 is 0 Å². The van der Waals surface area contributed by atoms with Crippen LogP contribution in [0.15, 0.2) is 16.7 Å². The molecule has 1 aliphatic rings. The molecule has 1 heteroatoms. The summed E-state index contributed by atoms with van der Waals surface area (Å²) in [4.78, 5) is 0. The quantitative estimate of drug-likeness (QED) is 0.324. The number of allylic oxidation sites excluding steroid dienone is 4. The van der Waals surface area contributed by atoms with Gasteiger partial charge < -0.3 is 0 Å². The molecule has 0 aromatic rings. The normalized spacial score (nSPS) is 24.4. The topological polar surface area (TPSA) is 0 Å². The minimum Gasteiger partial charge on any atom is -0.266 e. The molecule has 50 valence electrons. The summed E-state index contributed by atoms with van der Waals surface area (Å²) in [5.41, 5.74) is 4.25. The Hall–Kier alpha value is 0.480. The zero-order chi connectivity index (χ0) is 7.02. The Morgan fingerprint density at radius 2 is 1.70 bits per heavy atom. The van der Waals surface area contributed by atoms with Crippen LogP contribution in [0.3, 0.4) is 0 Å². The molecule has 0 heterocycles. The Morgan fingerprint density at radius 1 is 1.20 bits per heavy atom. The van der Waals surface area contributed by atoms with Crippen LogP contribution in [-0.2, 0) is 0 Å². The molecular formula is C9H13Na. The van der Waals surface area contributed by atoms with Crippen molar-refractivity contribution in [1.82, 2.24) is 0 Å². The molecule has 0 saturated heterocycles. The van der Waals surface area contributed by atoms with E-state index in [-0.39, 0.29) is 29.6 Å². The number of hydrogen-bond acceptors (Lipinski definition) is 0. The molecule has 0 aromatic heterocycles. The predicted molar refractivity (Wildman–Crippen MR) is 40.0 cm³/mol. The van der Waals surface area contributed by atoms with Crippen molar-refractivity contribution in [3.05, 3.63) is 22.8 Å². The van der Waals surface area contributed by atoms with Gasteiger partial charge in [0.1, 0.15) is 0 Å². The monoisotopic (exact) mass is 144 g/mol. The van der Waals surface area contributed by atoms with Crippen LogP contribution in [0.5, 0.6) is 0 Å². The molecule has 0 amide bonds. The maximum atomic E-state index is 3.36. The molecule has 0 radical (unpaired) electrons. The summed E-state index contributed by atoms with van der Waals surface area (Å²) < 4.78 is 0. The van der Waals surface area contributed by atoms with Crippen molar-refractivity contribution in [2.24, 2.45) is 5.92 Å². The number of rotatable bonds is 0. The largest absolute Gasteiger partial charge is 1.00 e. The van der Waals surface area contributed by atoms with E-state index in [2.05, 4.69) is 33.8 Å². The Balaban J connectivity index is 0.000000810. The summed E-state index contributed by atoms with van der Waals surface area (Å²) in [6, 6.07) is 0. The summed E-state index contributed by atoms with van der Waals surface area (Å²) >= 11 is 0. The molecule has 1 aliphatic carbocycles. The van der Waals surface area contributed by atoms with Gasteiger partial charge in [0.05, 0.1) is 0 Å². The van der Waals surface area contributed by atoms with Gasteiger partial charge in [-0.15, -0.1) is 6.92 Å². The number of hydrogen-bond donors (Lipinski definition) is 0. The fourth-order valence-corrected chi connectivity index (χ4v) is 1.16. The molecule has 0 aliphatic heterocycles. The van der Waals surface area contributed by atoms with Gasteiger partial charge >= 0.3 is 29.6 Å². The standard InChI is InChI=1S/C9H13.Na/c1-6-5-7(2)9(4)8(6)3;/h6H,1-4H3;/q-1;+1. The Morgan fingerprint density at radius 3 is 1.80 bits per heavy atom. The molecule has 0 spiro atoms. The van der Waals surface area contributed by atoms with Gasteiger partial charge in [0.15, 0.2) is 0 Å². The van der Waals surface area contributed by atoms with Crippen LogP contribution in [0.1, 0.15) is 27.7 Å². The van der Waals surface area contributed by atoms with Crippen LogP contribution in [-0.4, -0.2) is 0 Å². The van der Waals surface area contributed by atoms with Gasteiger partial charge in [-0.05, 0) is 0 Å². The fourth-order valence-electron chi connectivity index (χ4n) is 1.16. The summed E-state index contributed by atoms with van der Waals surface area (Å²) in [7, 11) is 0. The molecule has 0 saturated carbocycles. The molecule has 1 unspecified atom stereocenters. The molecule has 1 rings (SSSR count). The van der Waals surface area contributed by atoms with Crippen LogP contribution in [0, 0.1) is 12.0 Å². The fraction of sp³-hybridized carbons (Fsp3) is 0.556. The summed E-state index contributed by atoms with van der Waals surface area (Å²) in [6.45, 7) is 8.67. The van der Waals surface area contributed by atoms with Gasteiger partial charge in [0.2, 0.25) is 0 Å². The van der Waals surface area contributed by atoms with Gasteiger partial charge in [-0.25, -0.2) is 5.57 Å². The van der Waals surface area contributed by atoms with E-state index in [1.54, 1.807) is 0 Å². The first-order valence-electron chi connectivity index (χ1n) is 3.40.